The van der Waals surface area contributed by atoms with Crippen molar-refractivity contribution in [2.24, 2.45) is 0 Å². The summed E-state index contributed by atoms with van der Waals surface area (Å²) in [6, 6.07) is 9.50. The summed E-state index contributed by atoms with van der Waals surface area (Å²) in [6.07, 6.45) is 1.13. The van der Waals surface area contributed by atoms with Crippen molar-refractivity contribution in [3.05, 3.63) is 35.9 Å². The first-order valence-electron chi connectivity index (χ1n) is 7.15. The van der Waals surface area contributed by atoms with E-state index in [9.17, 15) is 9.59 Å². The standard InChI is InChI=1S/C16H23NO4/c1-3-14(21-2)16(20)17-13(9-10-15(18)19)11-12-7-5-4-6-8-12/h4-8,13-14H,3,9-11H2,1-2H3,(H,17,20)(H,18,19). The lowest BCUT2D eigenvalue weighted by molar-refractivity contribution is -0.138. The zero-order valence-corrected chi connectivity index (χ0v) is 12.5. The molecule has 0 aliphatic heterocycles. The molecule has 0 aliphatic carbocycles. The second-order valence-corrected chi connectivity index (χ2v) is 4.96. The molecule has 1 aromatic carbocycles. The summed E-state index contributed by atoms with van der Waals surface area (Å²) >= 11 is 0. The van der Waals surface area contributed by atoms with E-state index in [-0.39, 0.29) is 18.4 Å². The highest BCUT2D eigenvalue weighted by molar-refractivity contribution is 5.81. The largest absolute Gasteiger partial charge is 0.481 e. The van der Waals surface area contributed by atoms with E-state index in [1.165, 1.54) is 7.11 Å². The highest BCUT2D eigenvalue weighted by atomic mass is 16.5. The molecule has 5 nitrogen and oxygen atoms in total. The first-order valence-corrected chi connectivity index (χ1v) is 7.15. The van der Waals surface area contributed by atoms with Gasteiger partial charge in [-0.05, 0) is 24.8 Å². The topological polar surface area (TPSA) is 75.6 Å². The number of aliphatic carboxylic acids is 1. The minimum atomic E-state index is -0.860. The molecule has 2 unspecified atom stereocenters. The lowest BCUT2D eigenvalue weighted by Gasteiger charge is -2.21. The molecule has 5 heteroatoms. The number of rotatable bonds is 9. The number of nitrogens with one attached hydrogen (secondary N) is 1. The summed E-state index contributed by atoms with van der Waals surface area (Å²) in [4.78, 5) is 22.8. The number of methoxy groups -OCH3 is 1. The first-order chi connectivity index (χ1) is 10.1. The van der Waals surface area contributed by atoms with Gasteiger partial charge in [0, 0.05) is 19.6 Å². The van der Waals surface area contributed by atoms with Crippen molar-refractivity contribution >= 4 is 11.9 Å². The van der Waals surface area contributed by atoms with Crippen LogP contribution in [0.1, 0.15) is 31.7 Å². The second kappa shape index (κ2) is 9.13. The summed E-state index contributed by atoms with van der Waals surface area (Å²) in [5.41, 5.74) is 1.07. The number of carboxylic acids is 1. The van der Waals surface area contributed by atoms with Crippen molar-refractivity contribution in [1.82, 2.24) is 5.32 Å². The average molecular weight is 293 g/mol. The van der Waals surface area contributed by atoms with Crippen molar-refractivity contribution in [3.63, 3.8) is 0 Å². The van der Waals surface area contributed by atoms with Crippen molar-refractivity contribution in [1.29, 1.82) is 0 Å². The number of ether oxygens (including phenoxy) is 1. The van der Waals surface area contributed by atoms with Gasteiger partial charge in [-0.2, -0.15) is 0 Å². The summed E-state index contributed by atoms with van der Waals surface area (Å²) in [7, 11) is 1.50. The maximum Gasteiger partial charge on any atom is 0.303 e. The van der Waals surface area contributed by atoms with Crippen molar-refractivity contribution in [3.8, 4) is 0 Å². The summed E-state index contributed by atoms with van der Waals surface area (Å²) in [6.45, 7) is 1.87. The molecule has 1 rings (SSSR count). The van der Waals surface area contributed by atoms with Gasteiger partial charge in [-0.25, -0.2) is 0 Å². The van der Waals surface area contributed by atoms with Gasteiger partial charge in [0.25, 0.3) is 0 Å². The third kappa shape index (κ3) is 6.40. The zero-order valence-electron chi connectivity index (χ0n) is 12.5. The summed E-state index contributed by atoms with van der Waals surface area (Å²) in [5, 5.41) is 11.7. The van der Waals surface area contributed by atoms with Crippen molar-refractivity contribution in [2.45, 2.75) is 44.8 Å². The number of carbonyl (C=O) groups excluding carboxylic acids is 1. The first kappa shape index (κ1) is 17.2. The third-order valence-electron chi connectivity index (χ3n) is 3.33. The fraction of sp³-hybridized carbons (Fsp3) is 0.500. The lowest BCUT2D eigenvalue weighted by Crippen LogP contribution is -2.43. The number of benzene rings is 1. The molecule has 0 aromatic heterocycles. The maximum atomic E-state index is 12.1. The summed E-state index contributed by atoms with van der Waals surface area (Å²) in [5.74, 6) is -1.05. The Hall–Kier alpha value is -1.88. The molecular formula is C16H23NO4. The maximum absolute atomic E-state index is 12.1. The normalized spacial score (nSPS) is 13.4. The van der Waals surface area contributed by atoms with Gasteiger partial charge in [0.05, 0.1) is 0 Å². The Morgan fingerprint density at radius 1 is 1.29 bits per heavy atom. The average Bonchev–Trinajstić information content (AvgIpc) is 2.47. The van der Waals surface area contributed by atoms with Gasteiger partial charge in [-0.3, -0.25) is 9.59 Å². The van der Waals surface area contributed by atoms with Crippen LogP contribution in [0, 0.1) is 0 Å². The molecule has 116 valence electrons. The van der Waals surface area contributed by atoms with Crippen LogP contribution in [-0.4, -0.2) is 36.2 Å². The Morgan fingerprint density at radius 2 is 1.95 bits per heavy atom. The van der Waals surface area contributed by atoms with Crippen LogP contribution in [0.4, 0.5) is 0 Å². The van der Waals surface area contributed by atoms with E-state index in [1.54, 1.807) is 0 Å². The Morgan fingerprint density at radius 3 is 2.48 bits per heavy atom. The minimum Gasteiger partial charge on any atom is -0.481 e. The highest BCUT2D eigenvalue weighted by Crippen LogP contribution is 2.09. The molecule has 2 N–H and O–H groups in total. The molecule has 0 spiro atoms. The van der Waals surface area contributed by atoms with Gasteiger partial charge in [0.15, 0.2) is 0 Å². The van der Waals surface area contributed by atoms with E-state index < -0.39 is 12.1 Å². The van der Waals surface area contributed by atoms with Gasteiger partial charge in [-0.1, -0.05) is 37.3 Å². The molecule has 1 amide bonds. The van der Waals surface area contributed by atoms with E-state index in [0.717, 1.165) is 5.56 Å². The van der Waals surface area contributed by atoms with Gasteiger partial charge in [-0.15, -0.1) is 0 Å². The van der Waals surface area contributed by atoms with E-state index in [4.69, 9.17) is 9.84 Å². The van der Waals surface area contributed by atoms with Gasteiger partial charge < -0.3 is 15.2 Å². The van der Waals surface area contributed by atoms with E-state index in [0.29, 0.717) is 19.3 Å². The molecule has 0 bridgehead atoms. The molecule has 0 saturated heterocycles. The smallest absolute Gasteiger partial charge is 0.303 e. The van der Waals surface area contributed by atoms with Crippen LogP contribution in [0.25, 0.3) is 0 Å². The Labute approximate surface area is 125 Å². The molecule has 1 aromatic rings. The van der Waals surface area contributed by atoms with E-state index in [1.807, 2.05) is 37.3 Å². The van der Waals surface area contributed by atoms with E-state index >= 15 is 0 Å². The minimum absolute atomic E-state index is 0.0293. The predicted octanol–water partition coefficient (Wildman–Crippen LogP) is 2.00. The zero-order chi connectivity index (χ0) is 15.7. The van der Waals surface area contributed by atoms with Crippen LogP contribution in [0.15, 0.2) is 30.3 Å². The van der Waals surface area contributed by atoms with Crippen LogP contribution in [-0.2, 0) is 20.7 Å². The predicted molar refractivity (Wildman–Crippen MR) is 80.0 cm³/mol. The second-order valence-electron chi connectivity index (χ2n) is 4.96. The van der Waals surface area contributed by atoms with Crippen LogP contribution in [0.3, 0.4) is 0 Å². The molecule has 0 aliphatic rings. The Bertz CT molecular complexity index is 443. The number of carbonyl (C=O) groups is 2. The number of hydrogen-bond acceptors (Lipinski definition) is 3. The monoisotopic (exact) mass is 293 g/mol. The molecule has 0 radical (unpaired) electrons. The molecule has 0 heterocycles. The molecule has 0 saturated carbocycles. The van der Waals surface area contributed by atoms with Gasteiger partial charge in [0.2, 0.25) is 5.91 Å². The number of carboxylic acid groups (broad SMARTS) is 1. The SMILES string of the molecule is CCC(OC)C(=O)NC(CCC(=O)O)Cc1ccccc1. The quantitative estimate of drug-likeness (QED) is 0.730. The van der Waals surface area contributed by atoms with Crippen molar-refractivity contribution < 1.29 is 19.4 Å². The van der Waals surface area contributed by atoms with E-state index in [2.05, 4.69) is 5.32 Å². The lowest BCUT2D eigenvalue weighted by atomic mass is 10.0. The van der Waals surface area contributed by atoms with Crippen LogP contribution >= 0.6 is 0 Å². The molecule has 0 fully saturated rings. The summed E-state index contributed by atoms with van der Waals surface area (Å²) < 4.78 is 5.11. The number of hydrogen-bond donors (Lipinski definition) is 2. The highest BCUT2D eigenvalue weighted by Gasteiger charge is 2.20. The Kier molecular flexibility index (Phi) is 7.46. The Balaban J connectivity index is 2.67. The molecule has 21 heavy (non-hydrogen) atoms. The molecule has 2 atom stereocenters. The van der Waals surface area contributed by atoms with Crippen LogP contribution < -0.4 is 5.32 Å². The van der Waals surface area contributed by atoms with Crippen LogP contribution in [0.2, 0.25) is 0 Å². The molecular weight excluding hydrogens is 270 g/mol. The number of amides is 1. The fourth-order valence-electron chi connectivity index (χ4n) is 2.17. The van der Waals surface area contributed by atoms with Gasteiger partial charge >= 0.3 is 5.97 Å². The van der Waals surface area contributed by atoms with Crippen LogP contribution in [0.5, 0.6) is 0 Å². The fourth-order valence-corrected chi connectivity index (χ4v) is 2.17. The van der Waals surface area contributed by atoms with Gasteiger partial charge in [0.1, 0.15) is 6.10 Å². The third-order valence-corrected chi connectivity index (χ3v) is 3.33. The van der Waals surface area contributed by atoms with Crippen molar-refractivity contribution in [2.75, 3.05) is 7.11 Å².